The van der Waals surface area contributed by atoms with Gasteiger partial charge < -0.3 is 5.32 Å². The Kier molecular flexibility index (Phi) is 5.13. The second-order valence-corrected chi connectivity index (χ2v) is 6.90. The number of amides is 2. The number of hydrogen-bond donors (Lipinski definition) is 2. The number of benzene rings is 1. The highest BCUT2D eigenvalue weighted by atomic mass is 32.1. The first-order chi connectivity index (χ1) is 12.5. The summed E-state index contributed by atoms with van der Waals surface area (Å²) >= 11 is 1.46. The summed E-state index contributed by atoms with van der Waals surface area (Å²) in [6.07, 6.45) is 2.10. The molecule has 1 aromatic carbocycles. The van der Waals surface area contributed by atoms with Crippen LogP contribution in [0.4, 0.5) is 0 Å². The molecule has 8 heteroatoms. The van der Waals surface area contributed by atoms with E-state index >= 15 is 0 Å². The number of rotatable bonds is 5. The Bertz CT molecular complexity index is 1020. The summed E-state index contributed by atoms with van der Waals surface area (Å²) in [6.45, 7) is 3.68. The van der Waals surface area contributed by atoms with Crippen molar-refractivity contribution in [3.63, 3.8) is 0 Å². The van der Waals surface area contributed by atoms with Gasteiger partial charge in [-0.05, 0) is 31.5 Å². The van der Waals surface area contributed by atoms with Crippen molar-refractivity contribution in [2.75, 3.05) is 12.0 Å². The number of fused-ring (bicyclic) bond motifs is 1. The summed E-state index contributed by atoms with van der Waals surface area (Å²) in [5.74, 6) is -0.869. The van der Waals surface area contributed by atoms with E-state index in [0.29, 0.717) is 15.8 Å². The maximum Gasteiger partial charge on any atom is 0.280 e. The quantitative estimate of drug-likeness (QED) is 0.717. The van der Waals surface area contributed by atoms with Crippen LogP contribution in [-0.4, -0.2) is 28.0 Å². The molecule has 3 rings (SSSR count). The van der Waals surface area contributed by atoms with Crippen LogP contribution in [0, 0.1) is 6.92 Å². The first kappa shape index (κ1) is 17.8. The number of nitrogens with one attached hydrogen (secondary N) is 2. The van der Waals surface area contributed by atoms with Gasteiger partial charge in [-0.3, -0.25) is 19.8 Å². The van der Waals surface area contributed by atoms with E-state index in [1.165, 1.54) is 17.7 Å². The predicted molar refractivity (Wildman–Crippen MR) is 101 cm³/mol. The van der Waals surface area contributed by atoms with E-state index in [2.05, 4.69) is 15.7 Å². The molecule has 0 spiro atoms. The van der Waals surface area contributed by atoms with E-state index in [-0.39, 0.29) is 18.0 Å². The number of hydrogen-bond acceptors (Lipinski definition) is 5. The lowest BCUT2D eigenvalue weighted by atomic mass is 10.1. The van der Waals surface area contributed by atoms with Gasteiger partial charge in [-0.1, -0.05) is 24.6 Å². The molecule has 0 aliphatic carbocycles. The summed E-state index contributed by atoms with van der Waals surface area (Å²) in [6, 6.07) is 8.80. The maximum absolute atomic E-state index is 12.4. The SMILES string of the molecule is CCc1cc2c(=O)n(NC(=O)CNC(=O)c3ccc(C)cc3)cnc2s1. The molecule has 2 heterocycles. The highest BCUT2D eigenvalue weighted by Gasteiger charge is 2.11. The van der Waals surface area contributed by atoms with E-state index in [0.717, 1.165) is 21.5 Å². The summed E-state index contributed by atoms with van der Waals surface area (Å²) in [5.41, 5.74) is 3.60. The molecule has 2 N–H and O–H groups in total. The van der Waals surface area contributed by atoms with Crippen LogP contribution in [0.2, 0.25) is 0 Å². The van der Waals surface area contributed by atoms with Gasteiger partial charge in [-0.2, -0.15) is 0 Å². The molecule has 7 nitrogen and oxygen atoms in total. The molecule has 0 atom stereocenters. The molecule has 2 aromatic heterocycles. The van der Waals surface area contributed by atoms with Crippen LogP contribution >= 0.6 is 11.3 Å². The normalized spacial score (nSPS) is 10.7. The molecular formula is C18H18N4O3S. The van der Waals surface area contributed by atoms with Crippen LogP contribution in [0.25, 0.3) is 10.2 Å². The zero-order valence-corrected chi connectivity index (χ0v) is 15.2. The molecule has 0 bridgehead atoms. The van der Waals surface area contributed by atoms with Gasteiger partial charge in [0.2, 0.25) is 0 Å². The van der Waals surface area contributed by atoms with E-state index < -0.39 is 5.91 Å². The van der Waals surface area contributed by atoms with Gasteiger partial charge in [0.1, 0.15) is 11.2 Å². The Morgan fingerprint density at radius 2 is 1.96 bits per heavy atom. The topological polar surface area (TPSA) is 93.1 Å². The van der Waals surface area contributed by atoms with Gasteiger partial charge in [0.25, 0.3) is 17.4 Å². The lowest BCUT2D eigenvalue weighted by Gasteiger charge is -2.08. The fourth-order valence-electron chi connectivity index (χ4n) is 2.37. The second kappa shape index (κ2) is 7.49. The third-order valence-electron chi connectivity index (χ3n) is 3.82. The molecule has 0 saturated carbocycles. The third-order valence-corrected chi connectivity index (χ3v) is 5.01. The summed E-state index contributed by atoms with van der Waals surface area (Å²) in [5, 5.41) is 2.99. The third kappa shape index (κ3) is 3.80. The zero-order chi connectivity index (χ0) is 18.7. The molecule has 3 aromatic rings. The van der Waals surface area contributed by atoms with Crippen LogP contribution in [0.15, 0.2) is 41.5 Å². The van der Waals surface area contributed by atoms with Crippen LogP contribution in [0.3, 0.4) is 0 Å². The highest BCUT2D eigenvalue weighted by Crippen LogP contribution is 2.20. The number of carbonyl (C=O) groups excluding carboxylic acids is 2. The van der Waals surface area contributed by atoms with Crippen molar-refractivity contribution in [1.82, 2.24) is 15.0 Å². The van der Waals surface area contributed by atoms with Gasteiger partial charge in [0.15, 0.2) is 0 Å². The Balaban J connectivity index is 1.65. The van der Waals surface area contributed by atoms with Crippen LogP contribution < -0.4 is 16.3 Å². The van der Waals surface area contributed by atoms with E-state index in [1.807, 2.05) is 26.0 Å². The van der Waals surface area contributed by atoms with Crippen molar-refractivity contribution >= 4 is 33.4 Å². The number of aromatic nitrogens is 2. The predicted octanol–water partition coefficient (Wildman–Crippen LogP) is 1.83. The van der Waals surface area contributed by atoms with Gasteiger partial charge >= 0.3 is 0 Å². The molecular weight excluding hydrogens is 352 g/mol. The Labute approximate surface area is 153 Å². The largest absolute Gasteiger partial charge is 0.343 e. The van der Waals surface area contributed by atoms with Crippen molar-refractivity contribution in [2.24, 2.45) is 0 Å². The van der Waals surface area contributed by atoms with Gasteiger partial charge in [0.05, 0.1) is 11.9 Å². The first-order valence-electron chi connectivity index (χ1n) is 8.12. The lowest BCUT2D eigenvalue weighted by Crippen LogP contribution is -2.39. The van der Waals surface area contributed by atoms with E-state index in [1.54, 1.807) is 18.2 Å². The van der Waals surface area contributed by atoms with Crippen molar-refractivity contribution in [3.05, 3.63) is 63.0 Å². The average Bonchev–Trinajstić information content (AvgIpc) is 3.07. The standard InChI is InChI=1S/C18H18N4O3S/c1-3-13-8-14-17(26-13)20-10-22(18(14)25)21-15(23)9-19-16(24)12-6-4-11(2)5-7-12/h4-8,10H,3,9H2,1-2H3,(H,19,24)(H,21,23). The Morgan fingerprint density at radius 3 is 2.65 bits per heavy atom. The molecule has 0 radical (unpaired) electrons. The molecule has 2 amide bonds. The minimum absolute atomic E-state index is 0.249. The fraction of sp³-hybridized carbons (Fsp3) is 0.222. The summed E-state index contributed by atoms with van der Waals surface area (Å²) in [7, 11) is 0. The van der Waals surface area contributed by atoms with Gasteiger partial charge in [0, 0.05) is 10.4 Å². The van der Waals surface area contributed by atoms with Crippen LogP contribution in [0.5, 0.6) is 0 Å². The van der Waals surface area contributed by atoms with E-state index in [9.17, 15) is 14.4 Å². The van der Waals surface area contributed by atoms with E-state index in [4.69, 9.17) is 0 Å². The van der Waals surface area contributed by atoms with Gasteiger partial charge in [-0.15, -0.1) is 11.3 Å². The number of thiophene rings is 1. The summed E-state index contributed by atoms with van der Waals surface area (Å²) < 4.78 is 1.04. The Morgan fingerprint density at radius 1 is 1.23 bits per heavy atom. The molecule has 26 heavy (non-hydrogen) atoms. The molecule has 0 aliphatic rings. The minimum atomic E-state index is -0.514. The smallest absolute Gasteiger partial charge is 0.280 e. The maximum atomic E-state index is 12.4. The second-order valence-electron chi connectivity index (χ2n) is 5.79. The van der Waals surface area contributed by atoms with Crippen LogP contribution in [-0.2, 0) is 11.2 Å². The van der Waals surface area contributed by atoms with Crippen molar-refractivity contribution in [3.8, 4) is 0 Å². The highest BCUT2D eigenvalue weighted by molar-refractivity contribution is 7.18. The Hall–Kier alpha value is -3.00. The van der Waals surface area contributed by atoms with Crippen molar-refractivity contribution in [1.29, 1.82) is 0 Å². The lowest BCUT2D eigenvalue weighted by molar-refractivity contribution is -0.116. The van der Waals surface area contributed by atoms with Crippen LogP contribution in [0.1, 0.15) is 27.7 Å². The number of aryl methyl sites for hydroxylation is 2. The fourth-order valence-corrected chi connectivity index (χ4v) is 3.29. The molecule has 134 valence electrons. The minimum Gasteiger partial charge on any atom is -0.343 e. The zero-order valence-electron chi connectivity index (χ0n) is 14.4. The molecule has 0 unspecified atom stereocenters. The van der Waals surface area contributed by atoms with Crippen molar-refractivity contribution < 1.29 is 9.59 Å². The number of nitrogens with zero attached hydrogens (tertiary/aromatic N) is 2. The average molecular weight is 370 g/mol. The van der Waals surface area contributed by atoms with Crippen molar-refractivity contribution in [2.45, 2.75) is 20.3 Å². The first-order valence-corrected chi connectivity index (χ1v) is 8.94. The molecule has 0 fully saturated rings. The number of carbonyl (C=O) groups is 2. The summed E-state index contributed by atoms with van der Waals surface area (Å²) in [4.78, 5) is 42.4. The molecule has 0 saturated heterocycles. The monoisotopic (exact) mass is 370 g/mol. The molecule has 0 aliphatic heterocycles. The van der Waals surface area contributed by atoms with Gasteiger partial charge in [-0.25, -0.2) is 9.66 Å².